The Balaban J connectivity index is 2.19. The van der Waals surface area contributed by atoms with Crippen molar-refractivity contribution in [2.75, 3.05) is 39.3 Å². The number of hydrogen-bond donors (Lipinski definition) is 0. The highest BCUT2D eigenvalue weighted by Gasteiger charge is 2.26. The molecule has 0 bridgehead atoms. The van der Waals surface area contributed by atoms with E-state index in [0.29, 0.717) is 35.5 Å². The summed E-state index contributed by atoms with van der Waals surface area (Å²) < 4.78 is 16.1. The molecule has 1 heterocycles. The first kappa shape index (κ1) is 21.9. The first-order chi connectivity index (χ1) is 13.5. The number of rotatable bonds is 8. The average molecular weight is 392 g/mol. The van der Waals surface area contributed by atoms with Crippen molar-refractivity contribution < 1.29 is 23.8 Å². The van der Waals surface area contributed by atoms with Crippen LogP contribution in [0.2, 0.25) is 0 Å². The van der Waals surface area contributed by atoms with Crippen LogP contribution in [0.15, 0.2) is 12.1 Å². The minimum atomic E-state index is -0.146. The quantitative estimate of drug-likeness (QED) is 0.679. The zero-order valence-electron chi connectivity index (χ0n) is 17.6. The normalized spacial score (nSPS) is 16.5. The third-order valence-electron chi connectivity index (χ3n) is 5.31. The molecule has 1 aliphatic heterocycles. The van der Waals surface area contributed by atoms with E-state index in [0.717, 1.165) is 25.8 Å². The third-order valence-corrected chi connectivity index (χ3v) is 5.31. The molecule has 0 aliphatic carbocycles. The molecule has 1 fully saturated rings. The van der Waals surface area contributed by atoms with Crippen LogP contribution in [-0.4, -0.2) is 57.2 Å². The Bertz CT molecular complexity index is 666. The van der Waals surface area contributed by atoms with Crippen LogP contribution in [0.5, 0.6) is 17.2 Å². The number of amides is 2. The van der Waals surface area contributed by atoms with Gasteiger partial charge in [0, 0.05) is 44.6 Å². The number of carbonyl (C=O) groups is 2. The molecule has 1 aromatic rings. The number of ether oxygens (including phenoxy) is 3. The summed E-state index contributed by atoms with van der Waals surface area (Å²) in [6, 6.07) is 3.76. The highest BCUT2D eigenvalue weighted by Crippen LogP contribution is 2.41. The molecule has 0 spiro atoms. The van der Waals surface area contributed by atoms with E-state index in [2.05, 4.69) is 6.92 Å². The number of anilines is 1. The maximum Gasteiger partial charge on any atom is 0.224 e. The SMILES string of the molecule is CCC1CCCCN1C(=O)CCN(C(C)=O)c1cc(OC)c(OC)c(OC)c1. The first-order valence-electron chi connectivity index (χ1n) is 9.84. The van der Waals surface area contributed by atoms with Crippen LogP contribution in [0, 0.1) is 0 Å². The maximum absolute atomic E-state index is 12.8. The number of carbonyl (C=O) groups excluding carboxylic acids is 2. The van der Waals surface area contributed by atoms with Gasteiger partial charge in [0.05, 0.1) is 27.0 Å². The van der Waals surface area contributed by atoms with Crippen molar-refractivity contribution >= 4 is 17.5 Å². The Morgan fingerprint density at radius 3 is 2.25 bits per heavy atom. The van der Waals surface area contributed by atoms with Gasteiger partial charge in [-0.15, -0.1) is 0 Å². The van der Waals surface area contributed by atoms with Gasteiger partial charge in [0.1, 0.15) is 0 Å². The van der Waals surface area contributed by atoms with Gasteiger partial charge in [0.2, 0.25) is 17.6 Å². The summed E-state index contributed by atoms with van der Waals surface area (Å²) in [6.45, 7) is 4.72. The summed E-state index contributed by atoms with van der Waals surface area (Å²) in [5, 5.41) is 0. The molecule has 7 heteroatoms. The first-order valence-corrected chi connectivity index (χ1v) is 9.84. The van der Waals surface area contributed by atoms with E-state index in [4.69, 9.17) is 14.2 Å². The van der Waals surface area contributed by atoms with Crippen molar-refractivity contribution in [1.29, 1.82) is 0 Å². The predicted molar refractivity (Wildman–Crippen MR) is 108 cm³/mol. The molecule has 7 nitrogen and oxygen atoms in total. The molecule has 1 atom stereocenters. The summed E-state index contributed by atoms with van der Waals surface area (Å²) in [4.78, 5) is 28.6. The molecule has 2 amide bonds. The topological polar surface area (TPSA) is 68.3 Å². The van der Waals surface area contributed by atoms with Crippen LogP contribution in [0.25, 0.3) is 0 Å². The molecular formula is C21H32N2O5. The van der Waals surface area contributed by atoms with Crippen molar-refractivity contribution in [3.63, 3.8) is 0 Å². The molecule has 0 saturated carbocycles. The fourth-order valence-electron chi connectivity index (χ4n) is 3.80. The second-order valence-electron chi connectivity index (χ2n) is 6.95. The summed E-state index contributed by atoms with van der Waals surface area (Å²) >= 11 is 0. The summed E-state index contributed by atoms with van der Waals surface area (Å²) in [6.07, 6.45) is 4.53. The van der Waals surface area contributed by atoms with Crippen LogP contribution >= 0.6 is 0 Å². The fourth-order valence-corrected chi connectivity index (χ4v) is 3.80. The highest BCUT2D eigenvalue weighted by molar-refractivity contribution is 5.93. The number of benzene rings is 1. The molecule has 0 radical (unpaired) electrons. The molecule has 1 unspecified atom stereocenters. The van der Waals surface area contributed by atoms with Crippen LogP contribution in [0.3, 0.4) is 0 Å². The van der Waals surface area contributed by atoms with E-state index in [-0.39, 0.29) is 18.2 Å². The Morgan fingerprint density at radius 2 is 1.75 bits per heavy atom. The van der Waals surface area contributed by atoms with Crippen molar-refractivity contribution in [3.05, 3.63) is 12.1 Å². The number of nitrogens with zero attached hydrogens (tertiary/aromatic N) is 2. The number of piperidine rings is 1. The van der Waals surface area contributed by atoms with E-state index in [9.17, 15) is 9.59 Å². The van der Waals surface area contributed by atoms with E-state index in [1.54, 1.807) is 17.0 Å². The van der Waals surface area contributed by atoms with E-state index in [1.165, 1.54) is 34.7 Å². The minimum absolute atomic E-state index is 0.102. The lowest BCUT2D eigenvalue weighted by Crippen LogP contribution is -2.44. The smallest absolute Gasteiger partial charge is 0.224 e. The lowest BCUT2D eigenvalue weighted by molar-refractivity contribution is -0.134. The van der Waals surface area contributed by atoms with Crippen molar-refractivity contribution in [2.24, 2.45) is 0 Å². The molecule has 0 N–H and O–H groups in total. The number of hydrogen-bond acceptors (Lipinski definition) is 5. The van der Waals surface area contributed by atoms with Gasteiger partial charge in [-0.25, -0.2) is 0 Å². The van der Waals surface area contributed by atoms with Gasteiger partial charge < -0.3 is 24.0 Å². The monoisotopic (exact) mass is 392 g/mol. The van der Waals surface area contributed by atoms with E-state index < -0.39 is 0 Å². The van der Waals surface area contributed by atoms with Gasteiger partial charge >= 0.3 is 0 Å². The van der Waals surface area contributed by atoms with Crippen molar-refractivity contribution in [3.8, 4) is 17.2 Å². The lowest BCUT2D eigenvalue weighted by Gasteiger charge is -2.36. The average Bonchev–Trinajstić information content (AvgIpc) is 2.72. The highest BCUT2D eigenvalue weighted by atomic mass is 16.5. The molecule has 1 saturated heterocycles. The zero-order chi connectivity index (χ0) is 20.7. The maximum atomic E-state index is 12.8. The molecule has 156 valence electrons. The van der Waals surface area contributed by atoms with Crippen LogP contribution in [-0.2, 0) is 9.59 Å². The fraction of sp³-hybridized carbons (Fsp3) is 0.619. The third kappa shape index (κ3) is 4.88. The van der Waals surface area contributed by atoms with E-state index >= 15 is 0 Å². The standard InChI is InChI=1S/C21H32N2O5/c1-6-16-9-7-8-11-23(16)20(25)10-12-22(15(2)24)17-13-18(26-3)21(28-5)19(14-17)27-4/h13-14,16H,6-12H2,1-5H3. The second kappa shape index (κ2) is 10.2. The molecule has 2 rings (SSSR count). The summed E-state index contributed by atoms with van der Waals surface area (Å²) in [7, 11) is 4.60. The second-order valence-corrected chi connectivity index (χ2v) is 6.95. The molecule has 1 aliphatic rings. The zero-order valence-corrected chi connectivity index (χ0v) is 17.6. The van der Waals surface area contributed by atoms with Gasteiger partial charge in [-0.2, -0.15) is 0 Å². The lowest BCUT2D eigenvalue weighted by atomic mass is 9.99. The Kier molecular flexibility index (Phi) is 7.96. The van der Waals surface area contributed by atoms with Gasteiger partial charge in [0.15, 0.2) is 11.5 Å². The van der Waals surface area contributed by atoms with Crippen LogP contribution in [0.1, 0.15) is 46.0 Å². The van der Waals surface area contributed by atoms with Crippen molar-refractivity contribution in [2.45, 2.75) is 52.0 Å². The van der Waals surface area contributed by atoms with Gasteiger partial charge in [-0.3, -0.25) is 9.59 Å². The number of likely N-dealkylation sites (tertiary alicyclic amines) is 1. The Hall–Kier alpha value is -2.44. The molecule has 28 heavy (non-hydrogen) atoms. The number of methoxy groups -OCH3 is 3. The van der Waals surface area contributed by atoms with Crippen LogP contribution in [0.4, 0.5) is 5.69 Å². The molecule has 1 aromatic carbocycles. The van der Waals surface area contributed by atoms with Crippen molar-refractivity contribution in [1.82, 2.24) is 4.90 Å². The minimum Gasteiger partial charge on any atom is -0.493 e. The predicted octanol–water partition coefficient (Wildman–Crippen LogP) is 3.25. The Morgan fingerprint density at radius 1 is 1.11 bits per heavy atom. The van der Waals surface area contributed by atoms with Gasteiger partial charge in [0.25, 0.3) is 0 Å². The summed E-state index contributed by atoms with van der Waals surface area (Å²) in [5.41, 5.74) is 0.612. The van der Waals surface area contributed by atoms with Gasteiger partial charge in [-0.1, -0.05) is 6.92 Å². The van der Waals surface area contributed by atoms with E-state index in [1.807, 2.05) is 4.90 Å². The Labute approximate surface area is 167 Å². The molecule has 0 aromatic heterocycles. The largest absolute Gasteiger partial charge is 0.493 e. The molecular weight excluding hydrogens is 360 g/mol. The van der Waals surface area contributed by atoms with Crippen LogP contribution < -0.4 is 19.1 Å². The van der Waals surface area contributed by atoms with Gasteiger partial charge in [-0.05, 0) is 25.7 Å². The summed E-state index contributed by atoms with van der Waals surface area (Å²) in [5.74, 6) is 1.36.